The molecule has 0 aromatic heterocycles. The summed E-state index contributed by atoms with van der Waals surface area (Å²) in [6.07, 6.45) is 24.6. The number of hydrogen-bond donors (Lipinski definition) is 0. The summed E-state index contributed by atoms with van der Waals surface area (Å²) >= 11 is 0. The normalized spacial score (nSPS) is 11.6. The van der Waals surface area contributed by atoms with Crippen molar-refractivity contribution in [3.8, 4) is 0 Å². The number of hydrogen-bond acceptors (Lipinski definition) is 1. The van der Waals surface area contributed by atoms with Crippen LogP contribution in [0.5, 0.6) is 0 Å². The van der Waals surface area contributed by atoms with Crippen LogP contribution in [0, 0.1) is 0 Å². The maximum absolute atomic E-state index is 10.1. The summed E-state index contributed by atoms with van der Waals surface area (Å²) in [7, 11) is 0. The Balaban J connectivity index is 3.11. The highest BCUT2D eigenvalue weighted by atomic mass is 16.1. The highest BCUT2D eigenvalue weighted by Gasteiger charge is 1.90. The lowest BCUT2D eigenvalue weighted by Crippen LogP contribution is -1.81. The van der Waals surface area contributed by atoms with E-state index in [9.17, 15) is 4.79 Å². The lowest BCUT2D eigenvalue weighted by Gasteiger charge is -1.99. The molecular weight excluding hydrogens is 232 g/mol. The van der Waals surface area contributed by atoms with E-state index in [4.69, 9.17) is 0 Å². The number of allylic oxidation sites excluding steroid dienone is 4. The third kappa shape index (κ3) is 17.1. The summed E-state index contributed by atoms with van der Waals surface area (Å²) in [5, 5.41) is 0. The molecule has 0 N–H and O–H groups in total. The smallest absolute Gasteiger partial charge is 0.119 e. The van der Waals surface area contributed by atoms with E-state index in [1.165, 1.54) is 64.2 Å². The Morgan fingerprint density at radius 3 is 1.63 bits per heavy atom. The quantitative estimate of drug-likeness (QED) is 0.214. The van der Waals surface area contributed by atoms with Gasteiger partial charge < -0.3 is 4.79 Å². The number of carbonyl (C=O) groups is 1. The van der Waals surface area contributed by atoms with Gasteiger partial charge in [-0.3, -0.25) is 0 Å². The Morgan fingerprint density at radius 2 is 1.11 bits per heavy atom. The van der Waals surface area contributed by atoms with Crippen LogP contribution < -0.4 is 0 Å². The molecule has 0 unspecified atom stereocenters. The molecule has 0 bridgehead atoms. The van der Waals surface area contributed by atoms with Crippen LogP contribution in [-0.4, -0.2) is 6.29 Å². The summed E-state index contributed by atoms with van der Waals surface area (Å²) in [6, 6.07) is 0. The maximum atomic E-state index is 10.1. The molecule has 0 radical (unpaired) electrons. The summed E-state index contributed by atoms with van der Waals surface area (Å²) in [6.45, 7) is 2.23. The molecule has 0 aromatic rings. The first-order valence-electron chi connectivity index (χ1n) is 8.17. The monoisotopic (exact) mass is 264 g/mol. The number of aldehydes is 1. The molecule has 1 nitrogen and oxygen atoms in total. The SMILES string of the molecule is CCCC/C=C\C=C/CCCCCCCCCC=O. The van der Waals surface area contributed by atoms with Gasteiger partial charge in [-0.15, -0.1) is 0 Å². The van der Waals surface area contributed by atoms with Crippen LogP contribution in [0.3, 0.4) is 0 Å². The van der Waals surface area contributed by atoms with Crippen molar-refractivity contribution in [3.63, 3.8) is 0 Å². The van der Waals surface area contributed by atoms with Crippen LogP contribution in [0.15, 0.2) is 24.3 Å². The zero-order valence-corrected chi connectivity index (χ0v) is 12.8. The van der Waals surface area contributed by atoms with Crippen molar-refractivity contribution < 1.29 is 4.79 Å². The van der Waals surface area contributed by atoms with E-state index in [1.807, 2.05) is 0 Å². The lowest BCUT2D eigenvalue weighted by molar-refractivity contribution is -0.107. The fourth-order valence-electron chi connectivity index (χ4n) is 2.05. The Hall–Kier alpha value is -0.850. The minimum atomic E-state index is 0.747. The van der Waals surface area contributed by atoms with Gasteiger partial charge >= 0.3 is 0 Å². The summed E-state index contributed by atoms with van der Waals surface area (Å²) in [5.41, 5.74) is 0. The van der Waals surface area contributed by atoms with Gasteiger partial charge in [0.2, 0.25) is 0 Å². The van der Waals surface area contributed by atoms with Crippen molar-refractivity contribution in [3.05, 3.63) is 24.3 Å². The van der Waals surface area contributed by atoms with Crippen LogP contribution in [-0.2, 0) is 4.79 Å². The zero-order valence-electron chi connectivity index (χ0n) is 12.8. The van der Waals surface area contributed by atoms with Crippen LogP contribution in [0.2, 0.25) is 0 Å². The Labute approximate surface area is 120 Å². The molecule has 0 saturated heterocycles. The second-order valence-corrected chi connectivity index (χ2v) is 5.22. The minimum Gasteiger partial charge on any atom is -0.303 e. The summed E-state index contributed by atoms with van der Waals surface area (Å²) in [4.78, 5) is 10.1. The summed E-state index contributed by atoms with van der Waals surface area (Å²) < 4.78 is 0. The third-order valence-corrected chi connectivity index (χ3v) is 3.30. The van der Waals surface area contributed by atoms with Gasteiger partial charge in [0.15, 0.2) is 0 Å². The maximum Gasteiger partial charge on any atom is 0.119 e. The number of unbranched alkanes of at least 4 members (excludes halogenated alkanes) is 10. The van der Waals surface area contributed by atoms with E-state index in [1.54, 1.807) is 0 Å². The number of rotatable bonds is 14. The molecule has 0 amide bonds. The molecular formula is C18H32O. The van der Waals surface area contributed by atoms with Gasteiger partial charge in [0.05, 0.1) is 0 Å². The topological polar surface area (TPSA) is 17.1 Å². The molecule has 0 aliphatic rings. The Bertz CT molecular complexity index is 228. The van der Waals surface area contributed by atoms with E-state index < -0.39 is 0 Å². The van der Waals surface area contributed by atoms with Crippen LogP contribution >= 0.6 is 0 Å². The predicted octanol–water partition coefficient (Wildman–Crippen LogP) is 6.00. The van der Waals surface area contributed by atoms with Gasteiger partial charge in [-0.1, -0.05) is 76.2 Å². The first-order chi connectivity index (χ1) is 9.41. The molecule has 0 heterocycles. The van der Waals surface area contributed by atoms with E-state index >= 15 is 0 Å². The van der Waals surface area contributed by atoms with E-state index in [2.05, 4.69) is 31.2 Å². The molecule has 19 heavy (non-hydrogen) atoms. The first-order valence-corrected chi connectivity index (χ1v) is 8.17. The first kappa shape index (κ1) is 18.1. The molecule has 1 heteroatoms. The van der Waals surface area contributed by atoms with Crippen molar-refractivity contribution in [1.29, 1.82) is 0 Å². The second-order valence-electron chi connectivity index (χ2n) is 5.22. The van der Waals surface area contributed by atoms with Crippen molar-refractivity contribution in [2.75, 3.05) is 0 Å². The molecule has 0 spiro atoms. The average Bonchev–Trinajstić information content (AvgIpc) is 2.43. The van der Waals surface area contributed by atoms with Gasteiger partial charge in [0, 0.05) is 6.42 Å². The molecule has 0 rings (SSSR count). The van der Waals surface area contributed by atoms with Crippen molar-refractivity contribution >= 4 is 6.29 Å². The average molecular weight is 264 g/mol. The fraction of sp³-hybridized carbons (Fsp3) is 0.722. The van der Waals surface area contributed by atoms with E-state index in [-0.39, 0.29) is 0 Å². The molecule has 0 aliphatic carbocycles. The Kier molecular flexibility index (Phi) is 16.4. The molecule has 0 saturated carbocycles. The molecule has 0 aliphatic heterocycles. The predicted molar refractivity (Wildman–Crippen MR) is 85.4 cm³/mol. The minimum absolute atomic E-state index is 0.747. The van der Waals surface area contributed by atoms with Gasteiger partial charge in [-0.25, -0.2) is 0 Å². The highest BCUT2D eigenvalue weighted by molar-refractivity contribution is 5.48. The lowest BCUT2D eigenvalue weighted by atomic mass is 10.1. The largest absolute Gasteiger partial charge is 0.303 e. The Morgan fingerprint density at radius 1 is 0.632 bits per heavy atom. The summed E-state index contributed by atoms with van der Waals surface area (Å²) in [5.74, 6) is 0. The van der Waals surface area contributed by atoms with Crippen LogP contribution in [0.4, 0.5) is 0 Å². The second kappa shape index (κ2) is 17.2. The van der Waals surface area contributed by atoms with Gasteiger partial charge in [-0.2, -0.15) is 0 Å². The number of carbonyl (C=O) groups excluding carboxylic acids is 1. The zero-order chi connectivity index (χ0) is 14.0. The van der Waals surface area contributed by atoms with Crippen molar-refractivity contribution in [2.45, 2.75) is 84.0 Å². The standard InChI is InChI=1S/C18H32O/c1-2-3-4-5-6-7-8-9-10-11-12-13-14-15-16-17-18-19/h5-8,18H,2-4,9-17H2,1H3/b6-5-,8-7-. The van der Waals surface area contributed by atoms with Crippen molar-refractivity contribution in [2.24, 2.45) is 0 Å². The van der Waals surface area contributed by atoms with E-state index in [0.29, 0.717) is 0 Å². The molecule has 110 valence electrons. The van der Waals surface area contributed by atoms with Crippen molar-refractivity contribution in [1.82, 2.24) is 0 Å². The molecule has 0 atom stereocenters. The van der Waals surface area contributed by atoms with Gasteiger partial charge in [0.25, 0.3) is 0 Å². The van der Waals surface area contributed by atoms with Gasteiger partial charge in [-0.05, 0) is 25.7 Å². The highest BCUT2D eigenvalue weighted by Crippen LogP contribution is 2.09. The fourth-order valence-corrected chi connectivity index (χ4v) is 2.05. The molecule has 0 fully saturated rings. The van der Waals surface area contributed by atoms with E-state index in [0.717, 1.165) is 19.1 Å². The van der Waals surface area contributed by atoms with Crippen LogP contribution in [0.1, 0.15) is 84.0 Å². The van der Waals surface area contributed by atoms with Crippen LogP contribution in [0.25, 0.3) is 0 Å². The third-order valence-electron chi connectivity index (χ3n) is 3.30. The van der Waals surface area contributed by atoms with Gasteiger partial charge in [0.1, 0.15) is 6.29 Å². The molecule has 0 aromatic carbocycles.